The smallest absolute Gasteiger partial charge is 0.261 e. The Kier molecular flexibility index (Phi) is 6.85. The second-order valence-corrected chi connectivity index (χ2v) is 11.3. The summed E-state index contributed by atoms with van der Waals surface area (Å²) < 4.78 is 55.2. The fourth-order valence-corrected chi connectivity index (χ4v) is 5.13. The molecule has 0 aliphatic heterocycles. The maximum absolute atomic E-state index is 12.6. The van der Waals surface area contributed by atoms with E-state index < -0.39 is 20.0 Å². The molecule has 2 N–H and O–H groups in total. The number of sulfonamides is 2. The van der Waals surface area contributed by atoms with Gasteiger partial charge < -0.3 is 0 Å². The van der Waals surface area contributed by atoms with Crippen molar-refractivity contribution in [1.29, 1.82) is 0 Å². The molecule has 0 fully saturated rings. The summed E-state index contributed by atoms with van der Waals surface area (Å²) in [5.41, 5.74) is 1.52. The molecule has 6 nitrogen and oxygen atoms in total. The fourth-order valence-electron chi connectivity index (χ4n) is 2.72. The summed E-state index contributed by atoms with van der Waals surface area (Å²) >= 11 is 11.8. The van der Waals surface area contributed by atoms with Gasteiger partial charge in [0.25, 0.3) is 20.0 Å². The van der Waals surface area contributed by atoms with Crippen LogP contribution in [0.4, 0.5) is 11.4 Å². The fraction of sp³-hybridized carbons (Fsp3) is 0.143. The summed E-state index contributed by atoms with van der Waals surface area (Å²) in [5, 5.41) is 0.521. The van der Waals surface area contributed by atoms with Gasteiger partial charge in [0.2, 0.25) is 0 Å². The highest BCUT2D eigenvalue weighted by atomic mass is 35.5. The quantitative estimate of drug-likeness (QED) is 0.435. The summed E-state index contributed by atoms with van der Waals surface area (Å²) in [6.07, 6.45) is 0. The van der Waals surface area contributed by atoms with Crippen molar-refractivity contribution in [3.63, 3.8) is 0 Å². The Bertz CT molecular complexity index is 1290. The molecule has 3 aromatic rings. The zero-order valence-corrected chi connectivity index (χ0v) is 19.8. The van der Waals surface area contributed by atoms with Crippen LogP contribution in [0.15, 0.2) is 76.5 Å². The first kappa shape index (κ1) is 23.4. The van der Waals surface area contributed by atoms with Crippen LogP contribution in [0.3, 0.4) is 0 Å². The van der Waals surface area contributed by atoms with Gasteiger partial charge in [-0.2, -0.15) is 0 Å². The molecule has 0 bridgehead atoms. The Labute approximate surface area is 192 Å². The molecule has 0 heterocycles. The van der Waals surface area contributed by atoms with Gasteiger partial charge in [0.1, 0.15) is 0 Å². The van der Waals surface area contributed by atoms with Gasteiger partial charge in [-0.15, -0.1) is 0 Å². The molecule has 0 aliphatic rings. The highest BCUT2D eigenvalue weighted by Crippen LogP contribution is 2.27. The number of hydrogen-bond acceptors (Lipinski definition) is 4. The number of anilines is 2. The Hall–Kier alpha value is -2.26. The van der Waals surface area contributed by atoms with Crippen LogP contribution in [0.2, 0.25) is 10.0 Å². The van der Waals surface area contributed by atoms with Crippen LogP contribution in [0, 0.1) is 0 Å². The van der Waals surface area contributed by atoms with E-state index in [4.69, 9.17) is 23.2 Å². The summed E-state index contributed by atoms with van der Waals surface area (Å²) in [5.74, 6) is 0.289. The van der Waals surface area contributed by atoms with E-state index in [0.29, 0.717) is 5.02 Å². The second-order valence-electron chi connectivity index (χ2n) is 7.09. The molecule has 0 aliphatic carbocycles. The monoisotopic (exact) mass is 498 g/mol. The van der Waals surface area contributed by atoms with Gasteiger partial charge in [-0.05, 0) is 66.1 Å². The largest absolute Gasteiger partial charge is 0.280 e. The van der Waals surface area contributed by atoms with E-state index in [1.165, 1.54) is 54.6 Å². The minimum absolute atomic E-state index is 0.0391. The molecular weight excluding hydrogens is 479 g/mol. The van der Waals surface area contributed by atoms with E-state index in [1.54, 1.807) is 12.1 Å². The molecule has 0 saturated carbocycles. The lowest BCUT2D eigenvalue weighted by Crippen LogP contribution is -2.14. The first-order valence-electron chi connectivity index (χ1n) is 9.19. The van der Waals surface area contributed by atoms with Crippen molar-refractivity contribution in [2.24, 2.45) is 0 Å². The van der Waals surface area contributed by atoms with Gasteiger partial charge in [0, 0.05) is 5.69 Å². The number of benzene rings is 3. The first-order valence-corrected chi connectivity index (χ1v) is 12.9. The van der Waals surface area contributed by atoms with Gasteiger partial charge in [0.15, 0.2) is 0 Å². The van der Waals surface area contributed by atoms with Crippen molar-refractivity contribution in [3.05, 3.63) is 82.3 Å². The van der Waals surface area contributed by atoms with E-state index in [1.807, 2.05) is 13.8 Å². The van der Waals surface area contributed by atoms with Crippen LogP contribution < -0.4 is 9.44 Å². The highest BCUT2D eigenvalue weighted by Gasteiger charge is 2.17. The van der Waals surface area contributed by atoms with Crippen molar-refractivity contribution >= 4 is 54.6 Å². The molecule has 0 radical (unpaired) electrons. The molecule has 0 saturated heterocycles. The summed E-state index contributed by atoms with van der Waals surface area (Å²) in [4.78, 5) is 0.0812. The standard InChI is InChI=1S/C21H20Cl2N2O4S2/c1-14(2)15-3-8-18(9-4-15)30(26,27)24-16-5-10-19(11-6-16)31(28,29)25-17-7-12-20(22)21(23)13-17/h3-14,24-25H,1-2H3. The lowest BCUT2D eigenvalue weighted by molar-refractivity contribution is 0.600. The van der Waals surface area contributed by atoms with Gasteiger partial charge in [-0.1, -0.05) is 49.2 Å². The number of nitrogens with one attached hydrogen (secondary N) is 2. The van der Waals surface area contributed by atoms with Crippen LogP contribution in [-0.4, -0.2) is 16.8 Å². The van der Waals surface area contributed by atoms with Crippen LogP contribution in [-0.2, 0) is 20.0 Å². The van der Waals surface area contributed by atoms with Crippen molar-refractivity contribution in [2.75, 3.05) is 9.44 Å². The number of hydrogen-bond donors (Lipinski definition) is 2. The van der Waals surface area contributed by atoms with Crippen molar-refractivity contribution in [2.45, 2.75) is 29.6 Å². The predicted molar refractivity (Wildman–Crippen MR) is 125 cm³/mol. The maximum Gasteiger partial charge on any atom is 0.261 e. The molecule has 0 spiro atoms. The minimum atomic E-state index is -3.90. The van der Waals surface area contributed by atoms with Crippen molar-refractivity contribution in [3.8, 4) is 0 Å². The molecule has 0 atom stereocenters. The van der Waals surface area contributed by atoms with Crippen LogP contribution in [0.25, 0.3) is 0 Å². The van der Waals surface area contributed by atoms with E-state index in [9.17, 15) is 16.8 Å². The third-order valence-corrected chi connectivity index (χ3v) is 7.98. The third kappa shape index (κ3) is 5.71. The topological polar surface area (TPSA) is 92.3 Å². The third-order valence-electron chi connectivity index (χ3n) is 4.45. The van der Waals surface area contributed by atoms with Gasteiger partial charge >= 0.3 is 0 Å². The van der Waals surface area contributed by atoms with Crippen molar-refractivity contribution < 1.29 is 16.8 Å². The van der Waals surface area contributed by atoms with E-state index >= 15 is 0 Å². The molecule has 0 amide bonds. The molecule has 31 heavy (non-hydrogen) atoms. The Morgan fingerprint density at radius 1 is 0.645 bits per heavy atom. The van der Waals surface area contributed by atoms with Gasteiger partial charge in [0.05, 0.1) is 25.5 Å². The van der Waals surface area contributed by atoms with Crippen LogP contribution in [0.5, 0.6) is 0 Å². The van der Waals surface area contributed by atoms with Crippen LogP contribution in [0.1, 0.15) is 25.3 Å². The summed E-state index contributed by atoms with van der Waals surface area (Å²) in [7, 11) is -7.70. The van der Waals surface area contributed by atoms with E-state index in [2.05, 4.69) is 9.44 Å². The van der Waals surface area contributed by atoms with Crippen molar-refractivity contribution in [1.82, 2.24) is 0 Å². The summed E-state index contributed by atoms with van der Waals surface area (Å²) in [6, 6.07) is 16.3. The first-order chi connectivity index (χ1) is 14.5. The van der Waals surface area contributed by atoms with Gasteiger partial charge in [-0.25, -0.2) is 16.8 Å². The lowest BCUT2D eigenvalue weighted by Gasteiger charge is -2.12. The average Bonchev–Trinajstić information content (AvgIpc) is 2.71. The zero-order valence-electron chi connectivity index (χ0n) is 16.6. The Morgan fingerprint density at radius 3 is 1.58 bits per heavy atom. The zero-order chi connectivity index (χ0) is 22.8. The van der Waals surface area contributed by atoms with Gasteiger partial charge in [-0.3, -0.25) is 9.44 Å². The Balaban J connectivity index is 1.76. The molecule has 3 rings (SSSR count). The highest BCUT2D eigenvalue weighted by molar-refractivity contribution is 7.93. The van der Waals surface area contributed by atoms with E-state index in [0.717, 1.165) is 5.56 Å². The second kappa shape index (κ2) is 9.08. The normalized spacial score (nSPS) is 12.0. The number of halogens is 2. The molecule has 164 valence electrons. The molecule has 3 aromatic carbocycles. The molecule has 0 unspecified atom stereocenters. The average molecular weight is 499 g/mol. The predicted octanol–water partition coefficient (Wildman–Crippen LogP) is 5.72. The maximum atomic E-state index is 12.6. The number of rotatable bonds is 7. The van der Waals surface area contributed by atoms with E-state index in [-0.39, 0.29) is 32.1 Å². The SMILES string of the molecule is CC(C)c1ccc(S(=O)(=O)Nc2ccc(S(=O)(=O)Nc3ccc(Cl)c(Cl)c3)cc2)cc1. The lowest BCUT2D eigenvalue weighted by atomic mass is 10.0. The molecule has 10 heteroatoms. The molecular formula is C21H20Cl2N2O4S2. The Morgan fingerprint density at radius 2 is 1.10 bits per heavy atom. The minimum Gasteiger partial charge on any atom is -0.280 e. The van der Waals surface area contributed by atoms with Crippen LogP contribution >= 0.6 is 23.2 Å². The molecule has 0 aromatic heterocycles. The summed E-state index contributed by atoms with van der Waals surface area (Å²) in [6.45, 7) is 4.04.